The third kappa shape index (κ3) is 5.51. The smallest absolute Gasteiger partial charge is 0.140 e. The van der Waals surface area contributed by atoms with Gasteiger partial charge in [-0.15, -0.1) is 0 Å². The summed E-state index contributed by atoms with van der Waals surface area (Å²) >= 11 is 0. The van der Waals surface area contributed by atoms with Crippen LogP contribution in [0.3, 0.4) is 0 Å². The van der Waals surface area contributed by atoms with Gasteiger partial charge in [0.15, 0.2) is 0 Å². The number of hydrogen-bond donors (Lipinski definition) is 1. The van der Waals surface area contributed by atoms with Gasteiger partial charge in [0.2, 0.25) is 0 Å². The summed E-state index contributed by atoms with van der Waals surface area (Å²) in [5.74, 6) is 2.36. The molecule has 182 valence electrons. The van der Waals surface area contributed by atoms with Crippen molar-refractivity contribution in [3.8, 4) is 11.5 Å². The molecule has 0 saturated heterocycles. The summed E-state index contributed by atoms with van der Waals surface area (Å²) in [4.78, 5) is 11.3. The molecule has 0 radical (unpaired) electrons. The maximum absolute atomic E-state index is 8.93. The van der Waals surface area contributed by atoms with Crippen LogP contribution < -0.4 is 9.47 Å². The van der Waals surface area contributed by atoms with E-state index in [1.54, 1.807) is 0 Å². The maximum Gasteiger partial charge on any atom is 0.140 e. The number of fused-ring (bicyclic) bond motifs is 2. The normalized spacial score (nSPS) is 12.8. The molecule has 0 bridgehead atoms. The van der Waals surface area contributed by atoms with E-state index in [-0.39, 0.29) is 13.2 Å². The molecule has 8 heteroatoms. The lowest BCUT2D eigenvalue weighted by molar-refractivity contribution is 0.201. The lowest BCUT2D eigenvalue weighted by Crippen LogP contribution is -2.26. The predicted octanol–water partition coefficient (Wildman–Crippen LogP) is 3.98. The van der Waals surface area contributed by atoms with Gasteiger partial charge in [-0.3, -0.25) is 0 Å². The minimum absolute atomic E-state index is 0.000716. The molecule has 1 N–H and O–H groups in total. The zero-order chi connectivity index (χ0) is 24.1. The molecule has 0 aromatic carbocycles. The van der Waals surface area contributed by atoms with Gasteiger partial charge in [0.1, 0.15) is 36.0 Å². The van der Waals surface area contributed by atoms with Crippen molar-refractivity contribution in [1.82, 2.24) is 23.7 Å². The van der Waals surface area contributed by atoms with Gasteiger partial charge in [-0.2, -0.15) is 0 Å². The summed E-state index contributed by atoms with van der Waals surface area (Å²) in [5, 5.41) is 8.93. The van der Waals surface area contributed by atoms with Crippen LogP contribution >= 0.6 is 0 Å². The molecule has 4 heterocycles. The fourth-order valence-electron chi connectivity index (χ4n) is 4.09. The molecule has 1 unspecified atom stereocenters. The first-order valence-electron chi connectivity index (χ1n) is 11.9. The Bertz CT molecular complexity index is 1220. The average molecular weight is 466 g/mol. The number of hydrogen-bond acceptors (Lipinski definition) is 6. The highest BCUT2D eigenvalue weighted by Crippen LogP contribution is 2.23. The first-order valence-corrected chi connectivity index (χ1v) is 11.9. The van der Waals surface area contributed by atoms with E-state index >= 15 is 0 Å². The number of aliphatic hydroxyl groups excluding tert-OH is 1. The molecule has 0 aliphatic carbocycles. The molecule has 0 aliphatic rings. The molecule has 34 heavy (non-hydrogen) atoms. The van der Waals surface area contributed by atoms with Crippen LogP contribution in [0.25, 0.3) is 11.3 Å². The van der Waals surface area contributed by atoms with E-state index in [4.69, 9.17) is 14.6 Å². The second-order valence-electron chi connectivity index (χ2n) is 9.12. The first-order chi connectivity index (χ1) is 16.5. The maximum atomic E-state index is 8.93. The van der Waals surface area contributed by atoms with Gasteiger partial charge >= 0.3 is 0 Å². The SMILES string of the molecule is CC(C)c1cnc2cc(OCCN(C)CCC(C)c3cnc4cc(OCCO)ccn34)ccn12. The van der Waals surface area contributed by atoms with Crippen molar-refractivity contribution in [1.29, 1.82) is 0 Å². The fourth-order valence-corrected chi connectivity index (χ4v) is 4.09. The third-order valence-electron chi connectivity index (χ3n) is 6.17. The number of nitrogens with zero attached hydrogens (tertiary/aromatic N) is 5. The second kappa shape index (κ2) is 10.9. The van der Waals surface area contributed by atoms with E-state index < -0.39 is 0 Å². The predicted molar refractivity (Wildman–Crippen MR) is 133 cm³/mol. The minimum Gasteiger partial charge on any atom is -0.492 e. The van der Waals surface area contributed by atoms with E-state index in [0.29, 0.717) is 18.4 Å². The summed E-state index contributed by atoms with van der Waals surface area (Å²) in [7, 11) is 2.13. The number of imidazole rings is 2. The average Bonchev–Trinajstić information content (AvgIpc) is 3.45. The van der Waals surface area contributed by atoms with Crippen LogP contribution in [0.5, 0.6) is 11.5 Å². The van der Waals surface area contributed by atoms with Crippen molar-refractivity contribution in [3.63, 3.8) is 0 Å². The molecule has 0 amide bonds. The largest absolute Gasteiger partial charge is 0.492 e. The molecule has 4 rings (SSSR count). The Morgan fingerprint density at radius 1 is 0.882 bits per heavy atom. The van der Waals surface area contributed by atoms with Crippen LogP contribution in [0, 0.1) is 0 Å². The number of aromatic nitrogens is 4. The van der Waals surface area contributed by atoms with E-state index in [1.807, 2.05) is 49.1 Å². The number of rotatable bonds is 12. The Morgan fingerprint density at radius 2 is 1.47 bits per heavy atom. The summed E-state index contributed by atoms with van der Waals surface area (Å²) < 4.78 is 15.7. The third-order valence-corrected chi connectivity index (χ3v) is 6.17. The van der Waals surface area contributed by atoms with Crippen LogP contribution in [-0.4, -0.2) is 68.7 Å². The van der Waals surface area contributed by atoms with Crippen LogP contribution in [-0.2, 0) is 0 Å². The molecule has 0 saturated carbocycles. The van der Waals surface area contributed by atoms with Crippen LogP contribution in [0.2, 0.25) is 0 Å². The van der Waals surface area contributed by atoms with Gasteiger partial charge in [0.25, 0.3) is 0 Å². The van der Waals surface area contributed by atoms with Crippen molar-refractivity contribution >= 4 is 11.3 Å². The van der Waals surface area contributed by atoms with Crippen LogP contribution in [0.4, 0.5) is 0 Å². The highest BCUT2D eigenvalue weighted by molar-refractivity contribution is 5.47. The standard InChI is InChI=1S/C26H35N5O3/c1-19(2)23-17-27-25-15-21(6-9-30(23)25)33-13-11-29(4)8-5-20(3)24-18-28-26-16-22(34-14-12-32)7-10-31(24)26/h6-7,9-10,15-20,32H,5,8,11-14H2,1-4H3. The topological polar surface area (TPSA) is 76.5 Å². The van der Waals surface area contributed by atoms with Crippen molar-refractivity contribution in [2.45, 2.75) is 39.0 Å². The van der Waals surface area contributed by atoms with Gasteiger partial charge in [0.05, 0.1) is 6.61 Å². The van der Waals surface area contributed by atoms with E-state index in [9.17, 15) is 0 Å². The Hall–Kier alpha value is -3.10. The van der Waals surface area contributed by atoms with Crippen molar-refractivity contribution in [2.24, 2.45) is 0 Å². The van der Waals surface area contributed by atoms with Gasteiger partial charge < -0.3 is 28.3 Å². The van der Waals surface area contributed by atoms with E-state index in [0.717, 1.165) is 42.3 Å². The lowest BCUT2D eigenvalue weighted by atomic mass is 10.0. The Labute approximate surface area is 200 Å². The number of aliphatic hydroxyl groups is 1. The second-order valence-corrected chi connectivity index (χ2v) is 9.12. The molecule has 1 atom stereocenters. The highest BCUT2D eigenvalue weighted by atomic mass is 16.5. The molecule has 0 aliphatic heterocycles. The summed E-state index contributed by atoms with van der Waals surface area (Å²) in [6, 6.07) is 7.82. The van der Waals surface area contributed by atoms with Gasteiger partial charge in [-0.05, 0) is 44.0 Å². The Kier molecular flexibility index (Phi) is 7.70. The van der Waals surface area contributed by atoms with Crippen molar-refractivity contribution < 1.29 is 14.6 Å². The van der Waals surface area contributed by atoms with Crippen LogP contribution in [0.15, 0.2) is 49.1 Å². The number of pyridine rings is 2. The molecular weight excluding hydrogens is 430 g/mol. The fraction of sp³-hybridized carbons (Fsp3) is 0.462. The van der Waals surface area contributed by atoms with Gasteiger partial charge in [-0.25, -0.2) is 9.97 Å². The lowest BCUT2D eigenvalue weighted by Gasteiger charge is -2.19. The Balaban J connectivity index is 1.25. The zero-order valence-corrected chi connectivity index (χ0v) is 20.5. The molecule has 4 aromatic heterocycles. The Morgan fingerprint density at radius 3 is 2.09 bits per heavy atom. The van der Waals surface area contributed by atoms with Gasteiger partial charge in [-0.1, -0.05) is 20.8 Å². The molecule has 0 spiro atoms. The van der Waals surface area contributed by atoms with Crippen LogP contribution in [0.1, 0.15) is 50.4 Å². The molecular formula is C26H35N5O3. The minimum atomic E-state index is -0.000716. The van der Waals surface area contributed by atoms with Crippen molar-refractivity contribution in [2.75, 3.05) is 40.0 Å². The highest BCUT2D eigenvalue weighted by Gasteiger charge is 2.13. The molecule has 8 nitrogen and oxygen atoms in total. The van der Waals surface area contributed by atoms with Gasteiger partial charge in [0, 0.05) is 54.9 Å². The van der Waals surface area contributed by atoms with Crippen molar-refractivity contribution in [3.05, 3.63) is 60.4 Å². The number of ether oxygens (including phenoxy) is 2. The van der Waals surface area contributed by atoms with E-state index in [2.05, 4.69) is 51.5 Å². The van der Waals surface area contributed by atoms with E-state index in [1.165, 1.54) is 11.4 Å². The monoisotopic (exact) mass is 465 g/mol. The number of likely N-dealkylation sites (N-methyl/N-ethyl adjacent to an activating group) is 1. The first kappa shape index (κ1) is 24.0. The summed E-state index contributed by atoms with van der Waals surface area (Å²) in [6.45, 7) is 9.30. The summed E-state index contributed by atoms with van der Waals surface area (Å²) in [6.07, 6.45) is 8.92. The zero-order valence-electron chi connectivity index (χ0n) is 20.5. The summed E-state index contributed by atoms with van der Waals surface area (Å²) in [5.41, 5.74) is 4.16. The molecule has 4 aromatic rings. The molecule has 0 fully saturated rings. The quantitative estimate of drug-likeness (QED) is 0.341.